The predicted molar refractivity (Wildman–Crippen MR) is 54.3 cm³/mol. The van der Waals surface area contributed by atoms with E-state index >= 15 is 0 Å². The van der Waals surface area contributed by atoms with Crippen LogP contribution in [0, 0.1) is 5.92 Å². The quantitative estimate of drug-likeness (QED) is 0.748. The lowest BCUT2D eigenvalue weighted by atomic mass is 9.94. The fourth-order valence-corrected chi connectivity index (χ4v) is 2.64. The van der Waals surface area contributed by atoms with Gasteiger partial charge in [-0.2, -0.15) is 0 Å². The van der Waals surface area contributed by atoms with Crippen molar-refractivity contribution in [2.45, 2.75) is 44.6 Å². The van der Waals surface area contributed by atoms with E-state index in [2.05, 4.69) is 0 Å². The predicted octanol–water partition coefficient (Wildman–Crippen LogP) is 1.25. The third kappa shape index (κ3) is 2.13. The molecule has 1 aliphatic heterocycles. The van der Waals surface area contributed by atoms with Gasteiger partial charge in [0, 0.05) is 19.0 Å². The van der Waals surface area contributed by atoms with E-state index in [-0.39, 0.29) is 12.3 Å². The van der Waals surface area contributed by atoms with Gasteiger partial charge in [0.2, 0.25) is 5.91 Å². The van der Waals surface area contributed by atoms with Crippen LogP contribution in [0.25, 0.3) is 0 Å². The number of rotatable bonds is 2. The standard InChI is InChI=1S/C11H17NO3/c13-10-6-8(11(14)15)7-12(10)9-4-2-1-3-5-9/h8-9H,1-7H2,(H,14,15)/t8-/m1/s1. The van der Waals surface area contributed by atoms with E-state index in [1.54, 1.807) is 4.90 Å². The number of amides is 1. The number of likely N-dealkylation sites (tertiary alicyclic amines) is 1. The second kappa shape index (κ2) is 4.21. The van der Waals surface area contributed by atoms with Crippen molar-refractivity contribution in [1.29, 1.82) is 0 Å². The van der Waals surface area contributed by atoms with E-state index in [0.29, 0.717) is 12.6 Å². The largest absolute Gasteiger partial charge is 0.481 e. The fourth-order valence-electron chi connectivity index (χ4n) is 2.64. The topological polar surface area (TPSA) is 57.6 Å². The molecule has 0 bridgehead atoms. The average Bonchev–Trinajstić information content (AvgIpc) is 2.62. The van der Waals surface area contributed by atoms with Crippen molar-refractivity contribution < 1.29 is 14.7 Å². The van der Waals surface area contributed by atoms with Gasteiger partial charge in [-0.3, -0.25) is 9.59 Å². The third-order valence-corrected chi connectivity index (χ3v) is 3.52. The van der Waals surface area contributed by atoms with Crippen molar-refractivity contribution in [2.24, 2.45) is 5.92 Å². The van der Waals surface area contributed by atoms with Crippen LogP contribution in [-0.4, -0.2) is 34.5 Å². The molecule has 1 saturated heterocycles. The highest BCUT2D eigenvalue weighted by Crippen LogP contribution is 2.28. The Kier molecular flexibility index (Phi) is 2.93. The van der Waals surface area contributed by atoms with Crippen LogP contribution >= 0.6 is 0 Å². The van der Waals surface area contributed by atoms with Crippen molar-refractivity contribution in [3.8, 4) is 0 Å². The molecule has 2 rings (SSSR count). The Morgan fingerprint density at radius 3 is 2.47 bits per heavy atom. The van der Waals surface area contributed by atoms with Crippen LogP contribution in [0.5, 0.6) is 0 Å². The van der Waals surface area contributed by atoms with E-state index in [4.69, 9.17) is 5.11 Å². The third-order valence-electron chi connectivity index (χ3n) is 3.52. The first-order valence-corrected chi connectivity index (χ1v) is 5.71. The second-order valence-electron chi connectivity index (χ2n) is 4.58. The van der Waals surface area contributed by atoms with Crippen molar-refractivity contribution in [3.05, 3.63) is 0 Å². The first-order valence-electron chi connectivity index (χ1n) is 5.71. The zero-order valence-corrected chi connectivity index (χ0v) is 8.82. The lowest BCUT2D eigenvalue weighted by Crippen LogP contribution is -2.38. The van der Waals surface area contributed by atoms with E-state index in [9.17, 15) is 9.59 Å². The number of carbonyl (C=O) groups is 2. The highest BCUT2D eigenvalue weighted by atomic mass is 16.4. The molecule has 1 amide bonds. The first kappa shape index (κ1) is 10.5. The molecule has 0 aromatic heterocycles. The molecule has 4 nitrogen and oxygen atoms in total. The minimum Gasteiger partial charge on any atom is -0.481 e. The summed E-state index contributed by atoms with van der Waals surface area (Å²) in [5.41, 5.74) is 0. The summed E-state index contributed by atoms with van der Waals surface area (Å²) in [5.74, 6) is -1.27. The molecule has 1 heterocycles. The van der Waals surface area contributed by atoms with Crippen LogP contribution in [0.3, 0.4) is 0 Å². The summed E-state index contributed by atoms with van der Waals surface area (Å²) in [5, 5.41) is 8.87. The van der Waals surface area contributed by atoms with Crippen LogP contribution in [-0.2, 0) is 9.59 Å². The van der Waals surface area contributed by atoms with Crippen molar-refractivity contribution >= 4 is 11.9 Å². The summed E-state index contributed by atoms with van der Waals surface area (Å²) in [7, 11) is 0. The minimum absolute atomic E-state index is 0.0364. The van der Waals surface area contributed by atoms with Gasteiger partial charge in [-0.15, -0.1) is 0 Å². The molecule has 0 unspecified atom stereocenters. The van der Waals surface area contributed by atoms with Gasteiger partial charge in [-0.25, -0.2) is 0 Å². The van der Waals surface area contributed by atoms with E-state index in [0.717, 1.165) is 12.8 Å². The number of carbonyl (C=O) groups excluding carboxylic acids is 1. The van der Waals surface area contributed by atoms with E-state index in [1.807, 2.05) is 0 Å². The smallest absolute Gasteiger partial charge is 0.308 e. The van der Waals surface area contributed by atoms with Gasteiger partial charge >= 0.3 is 5.97 Å². The number of hydrogen-bond donors (Lipinski definition) is 1. The molecule has 1 aliphatic carbocycles. The van der Waals surface area contributed by atoms with Gasteiger partial charge in [-0.05, 0) is 12.8 Å². The molecule has 0 aromatic rings. The van der Waals surface area contributed by atoms with Gasteiger partial charge in [0.15, 0.2) is 0 Å². The molecule has 0 radical (unpaired) electrons. The number of carboxylic acid groups (broad SMARTS) is 1. The van der Waals surface area contributed by atoms with Gasteiger partial charge in [0.05, 0.1) is 5.92 Å². The maximum Gasteiger partial charge on any atom is 0.308 e. The summed E-state index contributed by atoms with van der Waals surface area (Å²) >= 11 is 0. The van der Waals surface area contributed by atoms with Crippen molar-refractivity contribution in [1.82, 2.24) is 4.90 Å². The van der Waals surface area contributed by atoms with Gasteiger partial charge in [0.25, 0.3) is 0 Å². The molecule has 1 saturated carbocycles. The molecule has 1 N–H and O–H groups in total. The SMILES string of the molecule is O=C(O)[C@@H]1CC(=O)N(C2CCCCC2)C1. The molecule has 2 aliphatic rings. The van der Waals surface area contributed by atoms with Gasteiger partial charge in [0.1, 0.15) is 0 Å². The Labute approximate surface area is 89.3 Å². The Bertz CT molecular complexity index is 271. The summed E-state index contributed by atoms with van der Waals surface area (Å²) < 4.78 is 0. The fraction of sp³-hybridized carbons (Fsp3) is 0.818. The van der Waals surface area contributed by atoms with Crippen molar-refractivity contribution in [2.75, 3.05) is 6.54 Å². The molecular formula is C11H17NO3. The Balaban J connectivity index is 1.97. The molecule has 4 heteroatoms. The lowest BCUT2D eigenvalue weighted by Gasteiger charge is -2.31. The zero-order chi connectivity index (χ0) is 10.8. The number of hydrogen-bond acceptors (Lipinski definition) is 2. The lowest BCUT2D eigenvalue weighted by molar-refractivity contribution is -0.141. The molecule has 15 heavy (non-hydrogen) atoms. The van der Waals surface area contributed by atoms with E-state index in [1.165, 1.54) is 19.3 Å². The maximum absolute atomic E-state index is 11.7. The van der Waals surface area contributed by atoms with E-state index < -0.39 is 11.9 Å². The highest BCUT2D eigenvalue weighted by Gasteiger charge is 2.37. The number of carboxylic acids is 1. The molecular weight excluding hydrogens is 194 g/mol. The average molecular weight is 211 g/mol. The number of aliphatic carboxylic acids is 1. The monoisotopic (exact) mass is 211 g/mol. The van der Waals surface area contributed by atoms with Gasteiger partial charge < -0.3 is 10.0 Å². The number of nitrogens with zero attached hydrogens (tertiary/aromatic N) is 1. The summed E-state index contributed by atoms with van der Waals surface area (Å²) in [6.07, 6.45) is 5.90. The molecule has 84 valence electrons. The maximum atomic E-state index is 11.7. The minimum atomic E-state index is -0.832. The summed E-state index contributed by atoms with van der Waals surface area (Å²) in [4.78, 5) is 24.3. The Morgan fingerprint density at radius 2 is 1.93 bits per heavy atom. The zero-order valence-electron chi connectivity index (χ0n) is 8.82. The van der Waals surface area contributed by atoms with Crippen LogP contribution in [0.4, 0.5) is 0 Å². The van der Waals surface area contributed by atoms with Crippen molar-refractivity contribution in [3.63, 3.8) is 0 Å². The van der Waals surface area contributed by atoms with Crippen LogP contribution in [0.2, 0.25) is 0 Å². The van der Waals surface area contributed by atoms with Crippen LogP contribution in [0.1, 0.15) is 38.5 Å². The Hall–Kier alpha value is -1.06. The second-order valence-corrected chi connectivity index (χ2v) is 4.58. The van der Waals surface area contributed by atoms with Crippen LogP contribution < -0.4 is 0 Å². The van der Waals surface area contributed by atoms with Gasteiger partial charge in [-0.1, -0.05) is 19.3 Å². The molecule has 0 aromatic carbocycles. The molecule has 0 spiro atoms. The normalized spacial score (nSPS) is 28.4. The molecule has 2 fully saturated rings. The highest BCUT2D eigenvalue weighted by molar-refractivity contribution is 5.86. The summed E-state index contributed by atoms with van der Waals surface area (Å²) in [6.45, 7) is 0.429. The van der Waals surface area contributed by atoms with Crippen LogP contribution in [0.15, 0.2) is 0 Å². The molecule has 1 atom stereocenters. The summed E-state index contributed by atoms with van der Waals surface area (Å²) in [6, 6.07) is 0.315. The Morgan fingerprint density at radius 1 is 1.27 bits per heavy atom. The first-order chi connectivity index (χ1) is 7.18.